The van der Waals surface area contributed by atoms with Crippen molar-refractivity contribution in [3.05, 3.63) is 12.2 Å². The third kappa shape index (κ3) is 20.3. The Bertz CT molecular complexity index is 658. The first kappa shape index (κ1) is 30.7. The van der Waals surface area contributed by atoms with Crippen LogP contribution in [0, 0.1) is 0 Å². The molecular weight excluding hydrogens is 424 g/mol. The summed E-state index contributed by atoms with van der Waals surface area (Å²) >= 11 is 0. The molecule has 16 nitrogen and oxygen atoms in total. The normalized spacial score (nSPS) is 11.0. The van der Waals surface area contributed by atoms with Gasteiger partial charge in [0.1, 0.15) is 0 Å². The third-order valence-electron chi connectivity index (χ3n) is 2.31. The van der Waals surface area contributed by atoms with E-state index in [-0.39, 0.29) is 0 Å². The number of hydrogen-bond acceptors (Lipinski definition) is 9. The van der Waals surface area contributed by atoms with Gasteiger partial charge in [-0.3, -0.25) is 14.4 Å². The average molecular weight is 442 g/mol. The number of carboxylic acids is 7. The van der Waals surface area contributed by atoms with Crippen LogP contribution in [0.15, 0.2) is 12.2 Å². The maximum absolute atomic E-state index is 10.3. The Morgan fingerprint density at radius 1 is 0.667 bits per heavy atom. The highest BCUT2D eigenvalue weighted by molar-refractivity contribution is 5.89. The van der Waals surface area contributed by atoms with Gasteiger partial charge >= 0.3 is 41.8 Å². The highest BCUT2D eigenvalue weighted by Crippen LogP contribution is 2.15. The molecule has 0 radical (unpaired) electrons. The number of hydrogen-bond donors (Lipinski definition) is 9. The van der Waals surface area contributed by atoms with Gasteiger partial charge in [-0.2, -0.15) is 0 Å². The largest absolute Gasteiger partial charge is 0.481 e. The van der Waals surface area contributed by atoms with Crippen LogP contribution in [0.5, 0.6) is 0 Å². The van der Waals surface area contributed by atoms with Crippen molar-refractivity contribution in [2.24, 2.45) is 0 Å². The SMILES string of the molecule is O=C(O)/C=C\C(=O)O.O=C(O)CC(O)(CC(=O)O)C(=O)O.O=C(O)CC(O)C(=O)O. The molecule has 0 amide bonds. The van der Waals surface area contributed by atoms with Crippen molar-refractivity contribution in [2.75, 3.05) is 0 Å². The average Bonchev–Trinajstić information content (AvgIpc) is 2.51. The van der Waals surface area contributed by atoms with Gasteiger partial charge in [-0.25, -0.2) is 19.2 Å². The Labute approximate surface area is 165 Å². The molecule has 0 aliphatic heterocycles. The van der Waals surface area contributed by atoms with E-state index in [9.17, 15) is 33.6 Å². The van der Waals surface area contributed by atoms with Crippen LogP contribution in [0.1, 0.15) is 19.3 Å². The van der Waals surface area contributed by atoms with Gasteiger partial charge in [0.05, 0.1) is 19.3 Å². The minimum Gasteiger partial charge on any atom is -0.481 e. The topological polar surface area (TPSA) is 302 Å². The van der Waals surface area contributed by atoms with E-state index in [2.05, 4.69) is 0 Å². The number of rotatable bonds is 10. The van der Waals surface area contributed by atoms with Crippen LogP contribution in [0.4, 0.5) is 0 Å². The molecule has 0 saturated heterocycles. The molecule has 0 bridgehead atoms. The van der Waals surface area contributed by atoms with Crippen molar-refractivity contribution in [1.82, 2.24) is 0 Å². The summed E-state index contributed by atoms with van der Waals surface area (Å²) in [5.74, 6) is -10.4. The predicted molar refractivity (Wildman–Crippen MR) is 87.4 cm³/mol. The predicted octanol–water partition coefficient (Wildman–Crippen LogP) is -2.63. The third-order valence-corrected chi connectivity index (χ3v) is 2.31. The fraction of sp³-hybridized carbons (Fsp3) is 0.357. The van der Waals surface area contributed by atoms with E-state index in [0.29, 0.717) is 12.2 Å². The van der Waals surface area contributed by atoms with Gasteiger partial charge in [-0.15, -0.1) is 0 Å². The monoisotopic (exact) mass is 442 g/mol. The standard InChI is InChI=1S/C6H8O7.C4H6O5.C4H4O4/c7-3(8)1-6(13,5(11)12)2-4(9)10;5-2(4(8)9)1-3(6)7;5-3(6)1-2-4(7)8/h13H,1-2H2,(H,7,8)(H,9,10)(H,11,12);2,5H,1H2,(H,6,7)(H,8,9);1-2H,(H,5,6)(H,7,8)/b;;2-1-. The lowest BCUT2D eigenvalue weighted by atomic mass is 9.96. The highest BCUT2D eigenvalue weighted by Gasteiger charge is 2.40. The van der Waals surface area contributed by atoms with Crippen LogP contribution in [-0.4, -0.2) is 99.4 Å². The molecule has 0 aromatic carbocycles. The van der Waals surface area contributed by atoms with Gasteiger partial charge in [0, 0.05) is 12.2 Å². The summed E-state index contributed by atoms with van der Waals surface area (Å²) in [6, 6.07) is 0. The van der Waals surface area contributed by atoms with Crippen molar-refractivity contribution in [2.45, 2.75) is 31.0 Å². The minimum absolute atomic E-state index is 0.558. The maximum atomic E-state index is 10.3. The first-order valence-electron chi connectivity index (χ1n) is 7.10. The molecule has 0 heterocycles. The Morgan fingerprint density at radius 2 is 1.00 bits per heavy atom. The summed E-state index contributed by atoms with van der Waals surface area (Å²) in [6.07, 6.45) is -3.72. The van der Waals surface area contributed by atoms with Crippen LogP contribution < -0.4 is 0 Å². The second-order valence-corrected chi connectivity index (χ2v) is 4.94. The number of carbonyl (C=O) groups is 7. The molecule has 0 spiro atoms. The highest BCUT2D eigenvalue weighted by atomic mass is 16.4. The van der Waals surface area contributed by atoms with Gasteiger partial charge in [-0.05, 0) is 0 Å². The van der Waals surface area contributed by atoms with Gasteiger partial charge in [0.15, 0.2) is 11.7 Å². The molecule has 1 unspecified atom stereocenters. The first-order chi connectivity index (χ1) is 13.4. The summed E-state index contributed by atoms with van der Waals surface area (Å²) in [5, 5.41) is 73.6. The number of aliphatic hydroxyl groups is 2. The Hall–Kier alpha value is -4.05. The summed E-state index contributed by atoms with van der Waals surface area (Å²) in [7, 11) is 0. The number of carboxylic acid groups (broad SMARTS) is 7. The molecular formula is C14H18O16. The fourth-order valence-electron chi connectivity index (χ4n) is 1.11. The summed E-state index contributed by atoms with van der Waals surface area (Å²) in [4.78, 5) is 69.0. The zero-order valence-electron chi connectivity index (χ0n) is 14.7. The molecule has 170 valence electrons. The van der Waals surface area contributed by atoms with Gasteiger partial charge in [0.25, 0.3) is 0 Å². The van der Waals surface area contributed by atoms with Crippen LogP contribution in [-0.2, 0) is 33.6 Å². The minimum atomic E-state index is -2.74. The fourth-order valence-corrected chi connectivity index (χ4v) is 1.11. The van der Waals surface area contributed by atoms with Crippen LogP contribution in [0.25, 0.3) is 0 Å². The van der Waals surface area contributed by atoms with E-state index in [4.69, 9.17) is 46.0 Å². The quantitative estimate of drug-likeness (QED) is 0.156. The molecule has 16 heteroatoms. The van der Waals surface area contributed by atoms with Gasteiger partial charge < -0.3 is 46.0 Å². The van der Waals surface area contributed by atoms with Crippen LogP contribution in [0.3, 0.4) is 0 Å². The van der Waals surface area contributed by atoms with Crippen molar-refractivity contribution in [3.63, 3.8) is 0 Å². The molecule has 0 aliphatic carbocycles. The number of aliphatic carboxylic acids is 7. The second kappa shape index (κ2) is 14.9. The lowest BCUT2D eigenvalue weighted by Gasteiger charge is -2.18. The zero-order chi connectivity index (χ0) is 24.7. The lowest BCUT2D eigenvalue weighted by Crippen LogP contribution is -2.42. The smallest absolute Gasteiger partial charge is 0.336 e. The molecule has 0 saturated carbocycles. The molecule has 0 aliphatic rings. The van der Waals surface area contributed by atoms with E-state index in [1.807, 2.05) is 0 Å². The van der Waals surface area contributed by atoms with Crippen molar-refractivity contribution >= 4 is 41.8 Å². The van der Waals surface area contributed by atoms with Crippen molar-refractivity contribution < 1.29 is 79.5 Å². The Morgan fingerprint density at radius 3 is 1.13 bits per heavy atom. The first-order valence-corrected chi connectivity index (χ1v) is 7.10. The van der Waals surface area contributed by atoms with E-state index >= 15 is 0 Å². The zero-order valence-corrected chi connectivity index (χ0v) is 14.7. The summed E-state index contributed by atoms with van der Waals surface area (Å²) < 4.78 is 0. The maximum Gasteiger partial charge on any atom is 0.336 e. The Balaban J connectivity index is -0.000000379. The summed E-state index contributed by atoms with van der Waals surface area (Å²) in [6.45, 7) is 0. The molecule has 0 aromatic heterocycles. The van der Waals surface area contributed by atoms with Crippen LogP contribution >= 0.6 is 0 Å². The lowest BCUT2D eigenvalue weighted by molar-refractivity contribution is -0.170. The van der Waals surface area contributed by atoms with E-state index in [0.717, 1.165) is 0 Å². The van der Waals surface area contributed by atoms with E-state index in [1.165, 1.54) is 0 Å². The van der Waals surface area contributed by atoms with Crippen molar-refractivity contribution in [1.29, 1.82) is 0 Å². The second-order valence-electron chi connectivity index (χ2n) is 4.94. The van der Waals surface area contributed by atoms with E-state index in [1.54, 1.807) is 0 Å². The molecule has 0 fully saturated rings. The van der Waals surface area contributed by atoms with Crippen LogP contribution in [0.2, 0.25) is 0 Å². The Kier molecular flexibility index (Phi) is 15.3. The number of aliphatic hydroxyl groups excluding tert-OH is 1. The molecule has 0 rings (SSSR count). The summed E-state index contributed by atoms with van der Waals surface area (Å²) in [5.41, 5.74) is -2.74. The van der Waals surface area contributed by atoms with Gasteiger partial charge in [0.2, 0.25) is 0 Å². The van der Waals surface area contributed by atoms with Crippen molar-refractivity contribution in [3.8, 4) is 0 Å². The molecule has 1 atom stereocenters. The molecule has 30 heavy (non-hydrogen) atoms. The van der Waals surface area contributed by atoms with E-state index < -0.39 is 72.8 Å². The molecule has 0 aromatic rings. The van der Waals surface area contributed by atoms with Gasteiger partial charge in [-0.1, -0.05) is 0 Å². The molecule has 9 N–H and O–H groups in total.